The van der Waals surface area contributed by atoms with Crippen molar-refractivity contribution in [3.05, 3.63) is 29.4 Å². The van der Waals surface area contributed by atoms with E-state index < -0.39 is 29.8 Å². The predicted molar refractivity (Wildman–Crippen MR) is 126 cm³/mol. The maximum absolute atomic E-state index is 14.5. The summed E-state index contributed by atoms with van der Waals surface area (Å²) in [7, 11) is 0. The fourth-order valence-corrected chi connectivity index (χ4v) is 5.23. The zero-order chi connectivity index (χ0) is 24.5. The second-order valence-electron chi connectivity index (χ2n) is 8.72. The number of imide groups is 1. The quantitative estimate of drug-likeness (QED) is 0.536. The Kier molecular flexibility index (Phi) is 6.65. The lowest BCUT2D eigenvalue weighted by Gasteiger charge is -2.34. The summed E-state index contributed by atoms with van der Waals surface area (Å²) in [6.45, 7) is 3.03. The lowest BCUT2D eigenvalue weighted by molar-refractivity contribution is -0.135. The molecule has 0 radical (unpaired) electrons. The van der Waals surface area contributed by atoms with Gasteiger partial charge in [0.05, 0.1) is 5.69 Å². The molecule has 1 aromatic heterocycles. The standard InChI is InChI=1S/C23H26FN5O4S/c1-3-14-6-8-23(9-7-14)20(32)29(22(33)28-23)11-19(31)27-21-26-18(12-34-21)16-5-4-15(10-17(16)24)25-13(2)30/h4-5,10,12,14H,3,6-9,11H2,1-2H3,(H,25,30)(H,28,33)(H,26,27,31). The highest BCUT2D eigenvalue weighted by Crippen LogP contribution is 2.37. The molecule has 0 unspecified atom stereocenters. The molecule has 4 rings (SSSR count). The summed E-state index contributed by atoms with van der Waals surface area (Å²) in [6.07, 6.45) is 3.94. The highest BCUT2D eigenvalue weighted by Gasteiger charge is 2.52. The van der Waals surface area contributed by atoms with Gasteiger partial charge < -0.3 is 16.0 Å². The maximum atomic E-state index is 14.5. The molecule has 3 N–H and O–H groups in total. The molecular formula is C23H26FN5O4S. The Bertz CT molecular complexity index is 1140. The highest BCUT2D eigenvalue weighted by atomic mass is 32.1. The van der Waals surface area contributed by atoms with Crippen LogP contribution in [0.4, 0.5) is 20.0 Å². The molecule has 2 aliphatic rings. The van der Waals surface area contributed by atoms with Crippen LogP contribution in [-0.4, -0.2) is 45.7 Å². The number of urea groups is 1. The van der Waals surface area contributed by atoms with Gasteiger partial charge in [0, 0.05) is 23.6 Å². The molecule has 34 heavy (non-hydrogen) atoms. The van der Waals surface area contributed by atoms with Gasteiger partial charge in [-0.2, -0.15) is 0 Å². The van der Waals surface area contributed by atoms with Gasteiger partial charge in [-0.05, 0) is 49.8 Å². The van der Waals surface area contributed by atoms with Gasteiger partial charge in [0.1, 0.15) is 17.9 Å². The van der Waals surface area contributed by atoms with E-state index in [1.807, 2.05) is 0 Å². The highest BCUT2D eigenvalue weighted by molar-refractivity contribution is 7.14. The molecule has 1 aliphatic heterocycles. The van der Waals surface area contributed by atoms with Gasteiger partial charge in [-0.25, -0.2) is 14.2 Å². The van der Waals surface area contributed by atoms with E-state index in [1.165, 1.54) is 19.1 Å². The first kappa shape index (κ1) is 23.8. The van der Waals surface area contributed by atoms with E-state index in [1.54, 1.807) is 11.4 Å². The molecule has 9 nitrogen and oxygen atoms in total. The average Bonchev–Trinajstić information content (AvgIpc) is 3.32. The average molecular weight is 488 g/mol. The Balaban J connectivity index is 1.38. The summed E-state index contributed by atoms with van der Waals surface area (Å²) in [5.74, 6) is -1.25. The Morgan fingerprint density at radius 3 is 2.65 bits per heavy atom. The van der Waals surface area contributed by atoms with Crippen molar-refractivity contribution >= 4 is 45.9 Å². The second kappa shape index (κ2) is 9.49. The topological polar surface area (TPSA) is 120 Å². The molecule has 5 amide bonds. The Morgan fingerprint density at radius 2 is 2.00 bits per heavy atom. The number of nitrogens with one attached hydrogen (secondary N) is 3. The molecule has 2 fully saturated rings. The maximum Gasteiger partial charge on any atom is 0.325 e. The summed E-state index contributed by atoms with van der Waals surface area (Å²) < 4.78 is 14.5. The van der Waals surface area contributed by atoms with Crippen LogP contribution in [0.1, 0.15) is 46.0 Å². The molecule has 1 aliphatic carbocycles. The lowest BCUT2D eigenvalue weighted by Crippen LogP contribution is -2.49. The summed E-state index contributed by atoms with van der Waals surface area (Å²) in [5, 5.41) is 9.69. The largest absolute Gasteiger partial charge is 0.326 e. The number of carbonyl (C=O) groups excluding carboxylic acids is 4. The van der Waals surface area contributed by atoms with Gasteiger partial charge in [0.15, 0.2) is 5.13 Å². The number of hydrogen-bond donors (Lipinski definition) is 3. The molecular weight excluding hydrogens is 461 g/mol. The monoisotopic (exact) mass is 487 g/mol. The van der Waals surface area contributed by atoms with E-state index in [9.17, 15) is 23.6 Å². The van der Waals surface area contributed by atoms with Crippen molar-refractivity contribution in [2.75, 3.05) is 17.2 Å². The molecule has 2 aromatic rings. The van der Waals surface area contributed by atoms with E-state index in [0.29, 0.717) is 30.1 Å². The summed E-state index contributed by atoms with van der Waals surface area (Å²) in [6, 6.07) is 3.67. The molecule has 1 aromatic carbocycles. The van der Waals surface area contributed by atoms with Crippen molar-refractivity contribution in [1.29, 1.82) is 0 Å². The minimum absolute atomic E-state index is 0.213. The van der Waals surface area contributed by atoms with Crippen LogP contribution in [0.15, 0.2) is 23.6 Å². The van der Waals surface area contributed by atoms with Crippen LogP contribution >= 0.6 is 11.3 Å². The van der Waals surface area contributed by atoms with Gasteiger partial charge in [-0.1, -0.05) is 13.3 Å². The fraction of sp³-hybridized carbons (Fsp3) is 0.435. The minimum atomic E-state index is -0.904. The first-order valence-corrected chi connectivity index (χ1v) is 12.1. The third-order valence-corrected chi connectivity index (χ3v) is 7.16. The van der Waals surface area contributed by atoms with Crippen molar-refractivity contribution in [3.8, 4) is 11.3 Å². The molecule has 1 spiro atoms. The van der Waals surface area contributed by atoms with E-state index in [0.717, 1.165) is 35.5 Å². The molecule has 1 saturated heterocycles. The number of carbonyl (C=O) groups is 4. The molecule has 180 valence electrons. The number of aromatic nitrogens is 1. The van der Waals surface area contributed by atoms with Crippen LogP contribution in [0.2, 0.25) is 0 Å². The zero-order valence-electron chi connectivity index (χ0n) is 18.9. The number of rotatable bonds is 6. The molecule has 1 saturated carbocycles. The van der Waals surface area contributed by atoms with E-state index in [-0.39, 0.29) is 22.5 Å². The van der Waals surface area contributed by atoms with Crippen molar-refractivity contribution in [1.82, 2.24) is 15.2 Å². The lowest BCUT2D eigenvalue weighted by atomic mass is 9.75. The normalized spacial score (nSPS) is 22.1. The number of hydrogen-bond acceptors (Lipinski definition) is 6. The third-order valence-electron chi connectivity index (χ3n) is 6.40. The molecule has 11 heteroatoms. The summed E-state index contributed by atoms with van der Waals surface area (Å²) in [5.41, 5.74) is -0.0522. The van der Waals surface area contributed by atoms with Crippen LogP contribution in [0.25, 0.3) is 11.3 Å². The van der Waals surface area contributed by atoms with Gasteiger partial charge in [0.2, 0.25) is 11.8 Å². The van der Waals surface area contributed by atoms with Crippen molar-refractivity contribution in [2.45, 2.75) is 51.5 Å². The smallest absolute Gasteiger partial charge is 0.325 e. The van der Waals surface area contributed by atoms with Gasteiger partial charge >= 0.3 is 6.03 Å². The Hall–Kier alpha value is -3.34. The second-order valence-corrected chi connectivity index (χ2v) is 9.58. The third kappa shape index (κ3) is 4.79. The zero-order valence-corrected chi connectivity index (χ0v) is 19.8. The van der Waals surface area contributed by atoms with Crippen molar-refractivity contribution in [2.24, 2.45) is 5.92 Å². The Labute approximate surface area is 200 Å². The van der Waals surface area contributed by atoms with Crippen molar-refractivity contribution in [3.63, 3.8) is 0 Å². The van der Waals surface area contributed by atoms with E-state index in [2.05, 4.69) is 27.9 Å². The van der Waals surface area contributed by atoms with Gasteiger partial charge in [-0.3, -0.25) is 19.3 Å². The molecule has 0 atom stereocenters. The van der Waals surface area contributed by atoms with Gasteiger partial charge in [0.25, 0.3) is 5.91 Å². The number of amides is 5. The fourth-order valence-electron chi connectivity index (χ4n) is 4.50. The van der Waals surface area contributed by atoms with Gasteiger partial charge in [-0.15, -0.1) is 11.3 Å². The van der Waals surface area contributed by atoms with Crippen LogP contribution in [0.5, 0.6) is 0 Å². The number of benzene rings is 1. The number of halogens is 1. The Morgan fingerprint density at radius 1 is 1.26 bits per heavy atom. The number of anilines is 2. The first-order chi connectivity index (χ1) is 16.2. The predicted octanol–water partition coefficient (Wildman–Crippen LogP) is 3.74. The minimum Gasteiger partial charge on any atom is -0.326 e. The van der Waals surface area contributed by atoms with Crippen LogP contribution in [-0.2, 0) is 14.4 Å². The number of thiazole rings is 1. The summed E-state index contributed by atoms with van der Waals surface area (Å²) >= 11 is 1.10. The summed E-state index contributed by atoms with van der Waals surface area (Å²) in [4.78, 5) is 54.3. The van der Waals surface area contributed by atoms with Crippen LogP contribution < -0.4 is 16.0 Å². The first-order valence-electron chi connectivity index (χ1n) is 11.2. The van der Waals surface area contributed by atoms with E-state index >= 15 is 0 Å². The van der Waals surface area contributed by atoms with Crippen LogP contribution in [0.3, 0.4) is 0 Å². The molecule has 2 heterocycles. The van der Waals surface area contributed by atoms with Crippen molar-refractivity contribution < 1.29 is 23.6 Å². The SMILES string of the molecule is CCC1CCC2(CC1)NC(=O)N(CC(=O)Nc1nc(-c3ccc(NC(C)=O)cc3F)cs1)C2=O. The number of nitrogens with zero attached hydrogens (tertiary/aromatic N) is 2. The van der Waals surface area contributed by atoms with Crippen LogP contribution in [0, 0.1) is 11.7 Å². The molecule has 0 bridgehead atoms. The van der Waals surface area contributed by atoms with E-state index in [4.69, 9.17) is 0 Å².